The highest BCUT2D eigenvalue weighted by Gasteiger charge is 2.62. The average molecular weight is 493 g/mol. The van der Waals surface area contributed by atoms with Gasteiger partial charge in [0, 0.05) is 6.92 Å². The SMILES string of the molecule is C=C[C@H]1CC[C@H]2[C@@H]3CC[C@H]4[C@H](O[C@@H]5OC[C@@H](O)[C@H](OC(C)=O)[C@H]5O)[C@@H](O)CC[C@]4(C)[C@H]3CC[C@]12C. The van der Waals surface area contributed by atoms with Crippen molar-refractivity contribution in [2.45, 2.75) is 109 Å². The molecule has 198 valence electrons. The Morgan fingerprint density at radius 3 is 2.31 bits per heavy atom. The van der Waals surface area contributed by atoms with Crippen LogP contribution >= 0.6 is 0 Å². The Morgan fingerprint density at radius 1 is 0.914 bits per heavy atom. The first kappa shape index (κ1) is 25.7. The summed E-state index contributed by atoms with van der Waals surface area (Å²) in [6.07, 6.45) is 5.28. The van der Waals surface area contributed by atoms with Gasteiger partial charge in [-0.3, -0.25) is 4.79 Å². The van der Waals surface area contributed by atoms with Crippen molar-refractivity contribution < 1.29 is 34.3 Å². The third kappa shape index (κ3) is 4.10. The standard InChI is InChI=1S/C28H44O7/c1-5-16-6-8-18-17-7-9-20-24(35-26-23(32)25(34-15(2)29)22(31)14-33-26)21(30)11-13-28(20,4)19(17)10-12-27(16,18)3/h5,16-26,30-32H,1,6-14H2,2-4H3/t16-,17-,18-,19-,20-,21-,22+,23+,24-,25-,26-,27+,28+/m0/s1. The maximum atomic E-state index is 11.5. The molecular formula is C28H44O7. The quantitative estimate of drug-likeness (QED) is 0.409. The second-order valence-electron chi connectivity index (χ2n) is 12.6. The molecule has 5 rings (SSSR count). The summed E-state index contributed by atoms with van der Waals surface area (Å²) in [4.78, 5) is 11.5. The molecule has 1 heterocycles. The molecule has 4 saturated carbocycles. The molecule has 7 nitrogen and oxygen atoms in total. The van der Waals surface area contributed by atoms with E-state index in [0.717, 1.165) is 25.2 Å². The van der Waals surface area contributed by atoms with Crippen LogP contribution in [0.2, 0.25) is 0 Å². The molecule has 1 saturated heterocycles. The van der Waals surface area contributed by atoms with E-state index in [1.165, 1.54) is 32.6 Å². The molecule has 0 unspecified atom stereocenters. The minimum Gasteiger partial charge on any atom is -0.457 e. The molecule has 0 aromatic carbocycles. The third-order valence-electron chi connectivity index (χ3n) is 11.1. The summed E-state index contributed by atoms with van der Waals surface area (Å²) >= 11 is 0. The normalized spacial score (nSPS) is 53.7. The summed E-state index contributed by atoms with van der Waals surface area (Å²) in [7, 11) is 0. The van der Waals surface area contributed by atoms with Gasteiger partial charge in [-0.05, 0) is 91.8 Å². The van der Waals surface area contributed by atoms with Crippen LogP contribution in [0.4, 0.5) is 0 Å². The van der Waals surface area contributed by atoms with E-state index in [1.807, 2.05) is 0 Å². The van der Waals surface area contributed by atoms with Crippen LogP contribution in [0.1, 0.15) is 72.1 Å². The van der Waals surface area contributed by atoms with Crippen LogP contribution in [0, 0.1) is 40.4 Å². The number of aliphatic hydroxyl groups excluding tert-OH is 3. The van der Waals surface area contributed by atoms with E-state index in [0.29, 0.717) is 29.6 Å². The van der Waals surface area contributed by atoms with Crippen molar-refractivity contribution in [2.75, 3.05) is 6.61 Å². The van der Waals surface area contributed by atoms with E-state index in [9.17, 15) is 20.1 Å². The molecule has 35 heavy (non-hydrogen) atoms. The first-order valence-electron chi connectivity index (χ1n) is 13.7. The van der Waals surface area contributed by atoms with Crippen LogP contribution in [-0.2, 0) is 19.0 Å². The van der Waals surface area contributed by atoms with Crippen molar-refractivity contribution in [1.29, 1.82) is 0 Å². The highest BCUT2D eigenvalue weighted by Crippen LogP contribution is 2.67. The fourth-order valence-corrected chi connectivity index (χ4v) is 9.28. The second-order valence-corrected chi connectivity index (χ2v) is 12.6. The predicted octanol–water partition coefficient (Wildman–Crippen LogP) is 3.20. The zero-order valence-electron chi connectivity index (χ0n) is 21.5. The molecule has 0 aromatic rings. The molecule has 4 aliphatic carbocycles. The van der Waals surface area contributed by atoms with Crippen molar-refractivity contribution in [3.05, 3.63) is 12.7 Å². The van der Waals surface area contributed by atoms with Gasteiger partial charge in [-0.15, -0.1) is 6.58 Å². The van der Waals surface area contributed by atoms with Crippen molar-refractivity contribution in [2.24, 2.45) is 40.4 Å². The molecule has 5 aliphatic rings. The summed E-state index contributed by atoms with van der Waals surface area (Å²) in [6, 6.07) is 0. The first-order chi connectivity index (χ1) is 16.6. The minimum atomic E-state index is -1.32. The number of ether oxygens (including phenoxy) is 3. The Kier molecular flexibility index (Phi) is 6.88. The second kappa shape index (κ2) is 9.39. The number of hydrogen-bond acceptors (Lipinski definition) is 7. The Balaban J connectivity index is 1.34. The van der Waals surface area contributed by atoms with Crippen molar-refractivity contribution in [1.82, 2.24) is 0 Å². The van der Waals surface area contributed by atoms with Gasteiger partial charge in [0.05, 0.1) is 18.8 Å². The molecule has 5 fully saturated rings. The van der Waals surface area contributed by atoms with E-state index < -0.39 is 42.8 Å². The third-order valence-corrected chi connectivity index (χ3v) is 11.1. The van der Waals surface area contributed by atoms with Crippen LogP contribution in [0.15, 0.2) is 12.7 Å². The lowest BCUT2D eigenvalue weighted by Crippen LogP contribution is -2.61. The number of fused-ring (bicyclic) bond motifs is 5. The van der Waals surface area contributed by atoms with Gasteiger partial charge in [-0.1, -0.05) is 19.9 Å². The van der Waals surface area contributed by atoms with Crippen LogP contribution < -0.4 is 0 Å². The number of allylic oxidation sites excluding steroid dienone is 1. The van der Waals surface area contributed by atoms with Gasteiger partial charge in [-0.2, -0.15) is 0 Å². The zero-order chi connectivity index (χ0) is 25.1. The smallest absolute Gasteiger partial charge is 0.303 e. The predicted molar refractivity (Wildman–Crippen MR) is 129 cm³/mol. The molecule has 0 aromatic heterocycles. The Hall–Kier alpha value is -0.990. The summed E-state index contributed by atoms with van der Waals surface area (Å²) in [5.74, 6) is 2.26. The molecule has 3 N–H and O–H groups in total. The first-order valence-corrected chi connectivity index (χ1v) is 13.7. The van der Waals surface area contributed by atoms with Gasteiger partial charge in [0.25, 0.3) is 0 Å². The topological polar surface area (TPSA) is 105 Å². The Labute approximate surface area is 209 Å². The molecular weight excluding hydrogens is 448 g/mol. The summed E-state index contributed by atoms with van der Waals surface area (Å²) in [5, 5.41) is 32.0. The van der Waals surface area contributed by atoms with E-state index in [2.05, 4.69) is 26.5 Å². The lowest BCUT2D eigenvalue weighted by atomic mass is 9.44. The van der Waals surface area contributed by atoms with E-state index in [-0.39, 0.29) is 17.9 Å². The van der Waals surface area contributed by atoms with Crippen LogP contribution in [0.25, 0.3) is 0 Å². The maximum absolute atomic E-state index is 11.5. The van der Waals surface area contributed by atoms with Gasteiger partial charge in [-0.25, -0.2) is 0 Å². The number of hydrogen-bond donors (Lipinski definition) is 3. The van der Waals surface area contributed by atoms with Gasteiger partial charge in [0.1, 0.15) is 12.2 Å². The van der Waals surface area contributed by atoms with E-state index >= 15 is 0 Å². The van der Waals surface area contributed by atoms with Crippen LogP contribution in [0.5, 0.6) is 0 Å². The van der Waals surface area contributed by atoms with Crippen molar-refractivity contribution in [3.63, 3.8) is 0 Å². The van der Waals surface area contributed by atoms with Gasteiger partial charge < -0.3 is 29.5 Å². The van der Waals surface area contributed by atoms with Gasteiger partial charge >= 0.3 is 5.97 Å². The fourth-order valence-electron chi connectivity index (χ4n) is 9.28. The monoisotopic (exact) mass is 492 g/mol. The lowest BCUT2D eigenvalue weighted by Gasteiger charge is -2.62. The van der Waals surface area contributed by atoms with Crippen LogP contribution in [-0.4, -0.2) is 64.7 Å². The number of aliphatic hydroxyl groups is 3. The molecule has 0 spiro atoms. The minimum absolute atomic E-state index is 0.0643. The van der Waals surface area contributed by atoms with E-state index in [1.54, 1.807) is 0 Å². The van der Waals surface area contributed by atoms with Crippen molar-refractivity contribution in [3.8, 4) is 0 Å². The Bertz CT molecular complexity index is 817. The summed E-state index contributed by atoms with van der Waals surface area (Å²) in [6.45, 7) is 10.2. The van der Waals surface area contributed by atoms with Crippen molar-refractivity contribution >= 4 is 5.97 Å². The fraction of sp³-hybridized carbons (Fsp3) is 0.893. The molecule has 13 atom stereocenters. The summed E-state index contributed by atoms with van der Waals surface area (Å²) < 4.78 is 17.1. The average Bonchev–Trinajstić information content (AvgIpc) is 3.16. The highest BCUT2D eigenvalue weighted by atomic mass is 16.7. The molecule has 7 heteroatoms. The largest absolute Gasteiger partial charge is 0.457 e. The molecule has 0 radical (unpaired) electrons. The van der Waals surface area contributed by atoms with Gasteiger partial charge in [0.15, 0.2) is 12.4 Å². The lowest BCUT2D eigenvalue weighted by molar-refractivity contribution is -0.311. The number of carbonyl (C=O) groups is 1. The maximum Gasteiger partial charge on any atom is 0.303 e. The summed E-state index contributed by atoms with van der Waals surface area (Å²) in [5.41, 5.74) is 0.428. The van der Waals surface area contributed by atoms with Crippen LogP contribution in [0.3, 0.4) is 0 Å². The molecule has 0 amide bonds. The highest BCUT2D eigenvalue weighted by molar-refractivity contribution is 5.66. The molecule has 1 aliphatic heterocycles. The zero-order valence-corrected chi connectivity index (χ0v) is 21.5. The molecule has 0 bridgehead atoms. The van der Waals surface area contributed by atoms with Gasteiger partial charge in [0.2, 0.25) is 0 Å². The van der Waals surface area contributed by atoms with E-state index in [4.69, 9.17) is 14.2 Å². The number of carbonyl (C=O) groups excluding carboxylic acids is 1. The number of rotatable bonds is 4. The number of esters is 1. The Morgan fingerprint density at radius 2 is 1.60 bits per heavy atom.